The highest BCUT2D eigenvalue weighted by molar-refractivity contribution is 8.26. The van der Waals surface area contributed by atoms with Crippen molar-refractivity contribution in [3.8, 4) is 11.5 Å². The van der Waals surface area contributed by atoms with Crippen LogP contribution in [0.15, 0.2) is 86.5 Å². The fraction of sp³-hybridized carbons (Fsp3) is 0.111. The molecule has 1 fully saturated rings. The van der Waals surface area contributed by atoms with Gasteiger partial charge < -0.3 is 9.47 Å². The number of hydrogen-bond donors (Lipinski definition) is 0. The highest BCUT2D eigenvalue weighted by Crippen LogP contribution is 2.37. The van der Waals surface area contributed by atoms with Crippen molar-refractivity contribution in [2.45, 2.75) is 23.4 Å². The molecule has 37 heavy (non-hydrogen) atoms. The highest BCUT2D eigenvalue weighted by Gasteiger charge is 2.33. The summed E-state index contributed by atoms with van der Waals surface area (Å²) in [5.74, 6) is 1.07. The zero-order chi connectivity index (χ0) is 25.5. The molecule has 4 heterocycles. The van der Waals surface area contributed by atoms with Crippen LogP contribution in [0.1, 0.15) is 16.7 Å². The summed E-state index contributed by atoms with van der Waals surface area (Å²) in [7, 11) is 0. The monoisotopic (exact) mass is 545 g/mol. The van der Waals surface area contributed by atoms with E-state index < -0.39 is 0 Å². The molecule has 1 amide bonds. The Morgan fingerprint density at radius 3 is 2.73 bits per heavy atom. The number of carbonyl (C=O) groups is 1. The number of thiocarbonyl (C=S) groups is 1. The van der Waals surface area contributed by atoms with Crippen molar-refractivity contribution in [1.29, 1.82) is 0 Å². The largest absolute Gasteiger partial charge is 0.454 e. The maximum Gasteiger partial charge on any atom is 0.266 e. The molecule has 0 aliphatic carbocycles. The van der Waals surface area contributed by atoms with E-state index in [9.17, 15) is 9.59 Å². The first-order valence-corrected chi connectivity index (χ1v) is 13.4. The Bertz CT molecular complexity index is 1670. The number of aromatic nitrogens is 2. The molecule has 2 aliphatic heterocycles. The maximum atomic E-state index is 13.6. The van der Waals surface area contributed by atoms with E-state index in [2.05, 4.69) is 0 Å². The lowest BCUT2D eigenvalue weighted by Crippen LogP contribution is -2.27. The molecule has 0 radical (unpaired) electrons. The van der Waals surface area contributed by atoms with Crippen molar-refractivity contribution in [3.05, 3.63) is 98.8 Å². The van der Waals surface area contributed by atoms with Crippen LogP contribution in [0.25, 0.3) is 11.7 Å². The SMILES string of the molecule is Cc1ccc2nc(Sc3ccccc3)c(/C=C3\SC(=S)N(Cc4ccc5c(c4)OCO5)C3=O)c(=O)n2c1. The number of carbonyl (C=O) groups excluding carboxylic acids is 1. The van der Waals surface area contributed by atoms with Gasteiger partial charge in [-0.1, -0.05) is 66.1 Å². The molecule has 0 bridgehead atoms. The Balaban J connectivity index is 1.38. The summed E-state index contributed by atoms with van der Waals surface area (Å²) in [4.78, 5) is 34.7. The van der Waals surface area contributed by atoms with E-state index in [1.807, 2.05) is 67.6 Å². The van der Waals surface area contributed by atoms with Gasteiger partial charge in [0.1, 0.15) is 15.0 Å². The molecule has 0 atom stereocenters. The van der Waals surface area contributed by atoms with Crippen LogP contribution in [-0.2, 0) is 11.3 Å². The molecule has 0 spiro atoms. The van der Waals surface area contributed by atoms with Gasteiger partial charge in [0.05, 0.1) is 17.0 Å². The lowest BCUT2D eigenvalue weighted by molar-refractivity contribution is -0.122. The fourth-order valence-electron chi connectivity index (χ4n) is 4.03. The van der Waals surface area contributed by atoms with Gasteiger partial charge >= 0.3 is 0 Å². The first-order valence-electron chi connectivity index (χ1n) is 11.4. The van der Waals surface area contributed by atoms with Crippen molar-refractivity contribution >= 4 is 57.7 Å². The lowest BCUT2D eigenvalue weighted by Gasteiger charge is -2.14. The third kappa shape index (κ3) is 4.63. The zero-order valence-corrected chi connectivity index (χ0v) is 22.0. The number of hydrogen-bond acceptors (Lipinski definition) is 8. The molecule has 7 nitrogen and oxygen atoms in total. The van der Waals surface area contributed by atoms with Crippen LogP contribution >= 0.6 is 35.7 Å². The van der Waals surface area contributed by atoms with Crippen molar-refractivity contribution < 1.29 is 14.3 Å². The third-order valence-electron chi connectivity index (χ3n) is 5.85. The number of rotatable bonds is 5. The standard InChI is InChI=1S/C27H19N3O4S3/c1-16-7-10-23-28-24(36-18-5-3-2-4-6-18)19(25(31)29(23)13-16)12-22-26(32)30(27(35)37-22)14-17-8-9-20-21(11-17)34-15-33-20/h2-13H,14-15H2,1H3/b22-12-. The van der Waals surface area contributed by atoms with Gasteiger partial charge in [0.15, 0.2) is 11.5 Å². The molecule has 0 saturated carbocycles. The molecule has 4 aromatic rings. The molecule has 2 aromatic carbocycles. The Hall–Kier alpha value is -3.60. The van der Waals surface area contributed by atoms with Crippen molar-refractivity contribution in [3.63, 3.8) is 0 Å². The predicted molar refractivity (Wildman–Crippen MR) is 148 cm³/mol. The van der Waals surface area contributed by atoms with Crippen LogP contribution in [0.4, 0.5) is 0 Å². The quantitative estimate of drug-likeness (QED) is 0.190. The van der Waals surface area contributed by atoms with E-state index in [-0.39, 0.29) is 18.3 Å². The summed E-state index contributed by atoms with van der Waals surface area (Å²) < 4.78 is 12.8. The second-order valence-electron chi connectivity index (χ2n) is 8.44. The van der Waals surface area contributed by atoms with Gasteiger partial charge in [0, 0.05) is 11.1 Å². The Morgan fingerprint density at radius 2 is 1.89 bits per heavy atom. The third-order valence-corrected chi connectivity index (χ3v) is 8.25. The highest BCUT2D eigenvalue weighted by atomic mass is 32.2. The molecule has 184 valence electrons. The van der Waals surface area contributed by atoms with E-state index in [1.54, 1.807) is 12.3 Å². The van der Waals surface area contributed by atoms with Gasteiger partial charge in [-0.3, -0.25) is 18.9 Å². The van der Waals surface area contributed by atoms with Crippen LogP contribution in [0, 0.1) is 6.92 Å². The fourth-order valence-corrected chi connectivity index (χ4v) is 6.18. The Labute approximate surface area is 226 Å². The number of aryl methyl sites for hydroxylation is 1. The van der Waals surface area contributed by atoms with E-state index in [4.69, 9.17) is 26.7 Å². The molecule has 0 N–H and O–H groups in total. The molecule has 0 unspecified atom stereocenters. The Morgan fingerprint density at radius 1 is 1.08 bits per heavy atom. The number of thioether (sulfide) groups is 1. The van der Waals surface area contributed by atoms with Crippen LogP contribution in [-0.4, -0.2) is 31.3 Å². The van der Waals surface area contributed by atoms with Crippen LogP contribution in [0.3, 0.4) is 0 Å². The first-order chi connectivity index (χ1) is 18.0. The molecule has 10 heteroatoms. The predicted octanol–water partition coefficient (Wildman–Crippen LogP) is 5.28. The van der Waals surface area contributed by atoms with Crippen LogP contribution < -0.4 is 15.0 Å². The van der Waals surface area contributed by atoms with Gasteiger partial charge in [-0.2, -0.15) is 0 Å². The summed E-state index contributed by atoms with van der Waals surface area (Å²) in [6.07, 6.45) is 3.37. The molecule has 6 rings (SSSR count). The maximum absolute atomic E-state index is 13.6. The number of ether oxygens (including phenoxy) is 2. The summed E-state index contributed by atoms with van der Waals surface area (Å²) >= 11 is 8.11. The number of benzene rings is 2. The topological polar surface area (TPSA) is 73.1 Å². The van der Waals surface area contributed by atoms with E-state index in [1.165, 1.54) is 32.8 Å². The molecule has 1 saturated heterocycles. The van der Waals surface area contributed by atoms with Crippen molar-refractivity contribution in [1.82, 2.24) is 14.3 Å². The second kappa shape index (κ2) is 9.70. The molecular formula is C27H19N3O4S3. The normalized spacial score (nSPS) is 15.8. The lowest BCUT2D eigenvalue weighted by atomic mass is 10.2. The van der Waals surface area contributed by atoms with E-state index >= 15 is 0 Å². The van der Waals surface area contributed by atoms with Crippen LogP contribution in [0.2, 0.25) is 0 Å². The van der Waals surface area contributed by atoms with Gasteiger partial charge in [0.25, 0.3) is 11.5 Å². The number of amides is 1. The smallest absolute Gasteiger partial charge is 0.266 e. The summed E-state index contributed by atoms with van der Waals surface area (Å²) in [5.41, 5.74) is 2.45. The van der Waals surface area contributed by atoms with Crippen LogP contribution in [0.5, 0.6) is 11.5 Å². The van der Waals surface area contributed by atoms with Gasteiger partial charge in [-0.25, -0.2) is 4.98 Å². The molecule has 2 aromatic heterocycles. The minimum atomic E-state index is -0.253. The Kier molecular flexibility index (Phi) is 6.23. The average Bonchev–Trinajstić information content (AvgIpc) is 3.47. The van der Waals surface area contributed by atoms with Crippen molar-refractivity contribution in [2.24, 2.45) is 0 Å². The summed E-state index contributed by atoms with van der Waals surface area (Å²) in [6.45, 7) is 2.39. The van der Waals surface area contributed by atoms with E-state index in [0.29, 0.717) is 43.5 Å². The molecule has 2 aliphatic rings. The number of pyridine rings is 1. The molecular weight excluding hydrogens is 527 g/mol. The van der Waals surface area contributed by atoms with Crippen molar-refractivity contribution in [2.75, 3.05) is 6.79 Å². The summed E-state index contributed by atoms with van der Waals surface area (Å²) in [5, 5.41) is 0.529. The van der Waals surface area contributed by atoms with E-state index in [0.717, 1.165) is 16.0 Å². The minimum absolute atomic E-state index is 0.181. The van der Waals surface area contributed by atoms with Gasteiger partial charge in [-0.05, 0) is 54.5 Å². The summed E-state index contributed by atoms with van der Waals surface area (Å²) in [6, 6.07) is 19.0. The van der Waals surface area contributed by atoms with Gasteiger partial charge in [0.2, 0.25) is 6.79 Å². The van der Waals surface area contributed by atoms with Gasteiger partial charge in [-0.15, -0.1) is 0 Å². The average molecular weight is 546 g/mol. The second-order valence-corrected chi connectivity index (χ2v) is 11.2. The number of fused-ring (bicyclic) bond motifs is 2. The first kappa shape index (κ1) is 23.8. The zero-order valence-electron chi connectivity index (χ0n) is 19.5. The number of nitrogens with zero attached hydrogens (tertiary/aromatic N) is 3. The minimum Gasteiger partial charge on any atom is -0.454 e.